The molecular formula is C17H21N5O3. The molecule has 0 unspecified atom stereocenters. The summed E-state index contributed by atoms with van der Waals surface area (Å²) in [5.74, 6) is -0.255. The fourth-order valence-corrected chi connectivity index (χ4v) is 1.98. The number of anilines is 1. The smallest absolute Gasteiger partial charge is 0.267 e. The van der Waals surface area contributed by atoms with Crippen LogP contribution >= 0.6 is 0 Å². The first kappa shape index (κ1) is 18.2. The molecule has 0 spiro atoms. The van der Waals surface area contributed by atoms with Gasteiger partial charge in [-0.1, -0.05) is 17.3 Å². The molecule has 3 N–H and O–H groups in total. The Morgan fingerprint density at radius 3 is 2.76 bits per heavy atom. The quantitative estimate of drug-likeness (QED) is 0.345. The molecule has 0 aliphatic rings. The minimum atomic E-state index is -0.852. The first-order valence-corrected chi connectivity index (χ1v) is 7.77. The zero-order chi connectivity index (χ0) is 18.4. The summed E-state index contributed by atoms with van der Waals surface area (Å²) >= 11 is 0. The SMILES string of the molecule is CC(=O)c1cccc(NC(=O)[C@H](C)O/N=C(\N)[C@@H](C)n2ccnc2)c1. The topological polar surface area (TPSA) is 112 Å². The first-order chi connectivity index (χ1) is 11.9. The molecule has 132 valence electrons. The van der Waals surface area contributed by atoms with Gasteiger partial charge in [0.25, 0.3) is 5.91 Å². The summed E-state index contributed by atoms with van der Waals surface area (Å²) in [6.45, 7) is 4.86. The molecule has 2 aromatic rings. The van der Waals surface area contributed by atoms with Gasteiger partial charge in [0.2, 0.25) is 6.10 Å². The molecule has 0 radical (unpaired) electrons. The molecule has 0 fully saturated rings. The number of carbonyl (C=O) groups is 2. The average molecular weight is 343 g/mol. The van der Waals surface area contributed by atoms with Crippen LogP contribution in [0.25, 0.3) is 0 Å². The highest BCUT2D eigenvalue weighted by atomic mass is 16.6. The van der Waals surface area contributed by atoms with Gasteiger partial charge in [0.05, 0.1) is 12.4 Å². The minimum absolute atomic E-state index is 0.0775. The van der Waals surface area contributed by atoms with E-state index in [1.54, 1.807) is 54.5 Å². The third-order valence-electron chi connectivity index (χ3n) is 3.62. The molecule has 2 atom stereocenters. The van der Waals surface area contributed by atoms with Crippen LogP contribution in [-0.2, 0) is 9.63 Å². The largest absolute Gasteiger partial charge is 0.383 e. The van der Waals surface area contributed by atoms with E-state index in [4.69, 9.17) is 10.6 Å². The molecule has 0 bridgehead atoms. The molecule has 2 rings (SSSR count). The van der Waals surface area contributed by atoms with Crippen molar-refractivity contribution >= 4 is 23.2 Å². The molecule has 1 aromatic heterocycles. The summed E-state index contributed by atoms with van der Waals surface area (Å²) in [6, 6.07) is 6.42. The number of amides is 1. The number of rotatable bonds is 7. The number of benzene rings is 1. The molecule has 1 amide bonds. The predicted octanol–water partition coefficient (Wildman–Crippen LogP) is 1.96. The third kappa shape index (κ3) is 4.90. The summed E-state index contributed by atoms with van der Waals surface area (Å²) < 4.78 is 1.76. The van der Waals surface area contributed by atoms with Crippen LogP contribution in [0, 0.1) is 0 Å². The molecule has 8 heteroatoms. The number of oxime groups is 1. The van der Waals surface area contributed by atoms with Crippen molar-refractivity contribution in [2.45, 2.75) is 32.9 Å². The van der Waals surface area contributed by atoms with Gasteiger partial charge in [-0.3, -0.25) is 9.59 Å². The third-order valence-corrected chi connectivity index (χ3v) is 3.62. The second-order valence-electron chi connectivity index (χ2n) is 5.58. The van der Waals surface area contributed by atoms with Gasteiger partial charge in [0, 0.05) is 23.6 Å². The Morgan fingerprint density at radius 1 is 1.36 bits per heavy atom. The number of hydrogen-bond acceptors (Lipinski definition) is 5. The van der Waals surface area contributed by atoms with Crippen LogP contribution in [-0.4, -0.2) is 33.2 Å². The van der Waals surface area contributed by atoms with E-state index < -0.39 is 12.0 Å². The summed E-state index contributed by atoms with van der Waals surface area (Å²) in [6.07, 6.45) is 4.15. The Balaban J connectivity index is 1.95. The maximum Gasteiger partial charge on any atom is 0.267 e. The monoisotopic (exact) mass is 343 g/mol. The fourth-order valence-electron chi connectivity index (χ4n) is 1.98. The highest BCUT2D eigenvalue weighted by Crippen LogP contribution is 2.12. The highest BCUT2D eigenvalue weighted by molar-refractivity contribution is 5.98. The van der Waals surface area contributed by atoms with Crippen molar-refractivity contribution in [1.82, 2.24) is 9.55 Å². The number of nitrogens with one attached hydrogen (secondary N) is 1. The molecule has 25 heavy (non-hydrogen) atoms. The molecule has 8 nitrogen and oxygen atoms in total. The number of aromatic nitrogens is 2. The average Bonchev–Trinajstić information content (AvgIpc) is 3.13. The number of amidine groups is 1. The Kier molecular flexibility index (Phi) is 5.89. The first-order valence-electron chi connectivity index (χ1n) is 7.77. The minimum Gasteiger partial charge on any atom is -0.383 e. The van der Waals surface area contributed by atoms with Gasteiger partial charge < -0.3 is 20.5 Å². The summed E-state index contributed by atoms with van der Waals surface area (Å²) in [4.78, 5) is 32.7. The number of hydrogen-bond donors (Lipinski definition) is 2. The lowest BCUT2D eigenvalue weighted by molar-refractivity contribution is -0.126. The number of Topliss-reactive ketones (excluding diaryl/α,β-unsaturated/α-hetero) is 1. The van der Waals surface area contributed by atoms with Gasteiger partial charge in [-0.2, -0.15) is 0 Å². The van der Waals surface area contributed by atoms with Crippen molar-refractivity contribution in [2.24, 2.45) is 10.9 Å². The van der Waals surface area contributed by atoms with Crippen molar-refractivity contribution in [1.29, 1.82) is 0 Å². The van der Waals surface area contributed by atoms with Crippen LogP contribution in [0.15, 0.2) is 48.1 Å². The lowest BCUT2D eigenvalue weighted by atomic mass is 10.1. The van der Waals surface area contributed by atoms with E-state index in [-0.39, 0.29) is 17.7 Å². The number of nitrogens with two attached hydrogens (primary N) is 1. The molecule has 0 aliphatic carbocycles. The van der Waals surface area contributed by atoms with Gasteiger partial charge in [-0.15, -0.1) is 0 Å². The summed E-state index contributed by atoms with van der Waals surface area (Å²) in [7, 11) is 0. The maximum atomic E-state index is 12.2. The van der Waals surface area contributed by atoms with Crippen molar-refractivity contribution in [3.8, 4) is 0 Å². The van der Waals surface area contributed by atoms with Gasteiger partial charge >= 0.3 is 0 Å². The zero-order valence-electron chi connectivity index (χ0n) is 14.3. The number of ketones is 1. The van der Waals surface area contributed by atoms with Crippen LogP contribution in [0.1, 0.15) is 37.2 Å². The van der Waals surface area contributed by atoms with Gasteiger partial charge in [-0.05, 0) is 32.9 Å². The van der Waals surface area contributed by atoms with E-state index in [9.17, 15) is 9.59 Å². The Morgan fingerprint density at radius 2 is 2.12 bits per heavy atom. The second kappa shape index (κ2) is 8.09. The van der Waals surface area contributed by atoms with E-state index in [2.05, 4.69) is 15.5 Å². The molecule has 1 heterocycles. The van der Waals surface area contributed by atoms with E-state index in [1.807, 2.05) is 6.92 Å². The summed E-state index contributed by atoms with van der Waals surface area (Å²) in [5.41, 5.74) is 6.90. The Labute approximate surface area is 145 Å². The standard InChI is InChI=1S/C17H21N5O3/c1-11(22-8-7-19-10-22)16(18)21-25-13(3)17(24)20-15-6-4-5-14(9-15)12(2)23/h4-11,13H,1-3H3,(H2,18,21)(H,20,24)/t11-,13+/m1/s1. The maximum absolute atomic E-state index is 12.2. The Bertz CT molecular complexity index is 770. The molecule has 0 saturated carbocycles. The normalized spacial score (nSPS) is 13.8. The lowest BCUT2D eigenvalue weighted by Crippen LogP contribution is -2.29. The van der Waals surface area contributed by atoms with Crippen molar-refractivity contribution < 1.29 is 14.4 Å². The fraction of sp³-hybridized carbons (Fsp3) is 0.294. The number of imidazole rings is 1. The van der Waals surface area contributed by atoms with E-state index in [0.29, 0.717) is 11.3 Å². The van der Waals surface area contributed by atoms with Crippen molar-refractivity contribution in [3.05, 3.63) is 48.5 Å². The molecular weight excluding hydrogens is 322 g/mol. The van der Waals surface area contributed by atoms with Crippen LogP contribution in [0.5, 0.6) is 0 Å². The van der Waals surface area contributed by atoms with Crippen molar-refractivity contribution in [3.63, 3.8) is 0 Å². The van der Waals surface area contributed by atoms with E-state index in [0.717, 1.165) is 0 Å². The molecule has 1 aromatic carbocycles. The molecule has 0 saturated heterocycles. The Hall–Kier alpha value is -3.16. The number of nitrogens with zero attached hydrogens (tertiary/aromatic N) is 3. The van der Waals surface area contributed by atoms with Crippen LogP contribution in [0.2, 0.25) is 0 Å². The van der Waals surface area contributed by atoms with E-state index >= 15 is 0 Å². The van der Waals surface area contributed by atoms with Gasteiger partial charge in [0.1, 0.15) is 0 Å². The van der Waals surface area contributed by atoms with Gasteiger partial charge in [0.15, 0.2) is 11.6 Å². The summed E-state index contributed by atoms with van der Waals surface area (Å²) in [5, 5.41) is 6.50. The van der Waals surface area contributed by atoms with Crippen LogP contribution in [0.4, 0.5) is 5.69 Å². The lowest BCUT2D eigenvalue weighted by Gasteiger charge is -2.14. The zero-order valence-corrected chi connectivity index (χ0v) is 14.3. The molecule has 0 aliphatic heterocycles. The second-order valence-corrected chi connectivity index (χ2v) is 5.58. The number of carbonyl (C=O) groups excluding carboxylic acids is 2. The van der Waals surface area contributed by atoms with Crippen molar-refractivity contribution in [2.75, 3.05) is 5.32 Å². The van der Waals surface area contributed by atoms with Gasteiger partial charge in [-0.25, -0.2) is 4.98 Å². The van der Waals surface area contributed by atoms with E-state index in [1.165, 1.54) is 6.92 Å². The predicted molar refractivity (Wildman–Crippen MR) is 94.2 cm³/mol. The van der Waals surface area contributed by atoms with Crippen LogP contribution < -0.4 is 11.1 Å². The highest BCUT2D eigenvalue weighted by Gasteiger charge is 2.16. The van der Waals surface area contributed by atoms with Crippen LogP contribution in [0.3, 0.4) is 0 Å².